The molecular weight excluding hydrogens is 233 g/mol. The van der Waals surface area contributed by atoms with Crippen LogP contribution < -0.4 is 4.90 Å². The molecule has 0 unspecified atom stereocenters. The van der Waals surface area contributed by atoms with E-state index in [1.807, 2.05) is 19.9 Å². The lowest BCUT2D eigenvalue weighted by Crippen LogP contribution is -2.50. The van der Waals surface area contributed by atoms with E-state index in [0.29, 0.717) is 12.4 Å². The molecule has 1 saturated heterocycles. The van der Waals surface area contributed by atoms with Crippen LogP contribution in [-0.2, 0) is 0 Å². The summed E-state index contributed by atoms with van der Waals surface area (Å²) in [6.45, 7) is 7.64. The number of hydrogen-bond donors (Lipinski definition) is 1. The standard InChI is InChI=1S/C13H20FN3O/c1-13(2,18)10-16-6-8-17(9-7-16)12-5-3-4-11(14)15-12/h3-5,18H,6-10H2,1-2H3. The van der Waals surface area contributed by atoms with Crippen LogP contribution in [0.3, 0.4) is 0 Å². The summed E-state index contributed by atoms with van der Waals surface area (Å²) in [4.78, 5) is 8.18. The van der Waals surface area contributed by atoms with Gasteiger partial charge in [0.2, 0.25) is 5.95 Å². The van der Waals surface area contributed by atoms with Crippen molar-refractivity contribution in [3.63, 3.8) is 0 Å². The predicted octanol–water partition coefficient (Wildman–Crippen LogP) is 1.11. The minimum Gasteiger partial charge on any atom is -0.389 e. The van der Waals surface area contributed by atoms with Crippen molar-refractivity contribution in [2.45, 2.75) is 19.4 Å². The Hall–Kier alpha value is -1.20. The Labute approximate surface area is 107 Å². The van der Waals surface area contributed by atoms with E-state index < -0.39 is 11.5 Å². The van der Waals surface area contributed by atoms with Gasteiger partial charge in [0.25, 0.3) is 0 Å². The van der Waals surface area contributed by atoms with Crippen molar-refractivity contribution < 1.29 is 9.50 Å². The van der Waals surface area contributed by atoms with E-state index in [1.54, 1.807) is 6.07 Å². The first-order chi connectivity index (χ1) is 8.44. The lowest BCUT2D eigenvalue weighted by atomic mass is 10.1. The van der Waals surface area contributed by atoms with Crippen molar-refractivity contribution in [1.82, 2.24) is 9.88 Å². The molecule has 0 saturated carbocycles. The van der Waals surface area contributed by atoms with Gasteiger partial charge in [-0.25, -0.2) is 4.98 Å². The van der Waals surface area contributed by atoms with Gasteiger partial charge >= 0.3 is 0 Å². The lowest BCUT2D eigenvalue weighted by Gasteiger charge is -2.37. The summed E-state index contributed by atoms with van der Waals surface area (Å²) in [5.74, 6) is 0.254. The summed E-state index contributed by atoms with van der Waals surface area (Å²) in [5, 5.41) is 9.77. The van der Waals surface area contributed by atoms with Gasteiger partial charge in [-0.2, -0.15) is 4.39 Å². The number of anilines is 1. The Balaban J connectivity index is 1.91. The average molecular weight is 253 g/mol. The summed E-state index contributed by atoms with van der Waals surface area (Å²) < 4.78 is 13.0. The number of halogens is 1. The van der Waals surface area contributed by atoms with Crippen molar-refractivity contribution in [2.75, 3.05) is 37.6 Å². The molecule has 1 aromatic heterocycles. The molecule has 1 N–H and O–H groups in total. The second-order valence-corrected chi connectivity index (χ2v) is 5.39. The molecule has 5 heteroatoms. The molecule has 1 aliphatic rings. The number of pyridine rings is 1. The lowest BCUT2D eigenvalue weighted by molar-refractivity contribution is 0.0344. The number of aromatic nitrogens is 1. The average Bonchev–Trinajstić information content (AvgIpc) is 2.28. The Kier molecular flexibility index (Phi) is 3.82. The molecule has 1 aromatic rings. The molecule has 0 aromatic carbocycles. The van der Waals surface area contributed by atoms with E-state index in [4.69, 9.17) is 0 Å². The monoisotopic (exact) mass is 253 g/mol. The molecule has 0 amide bonds. The largest absolute Gasteiger partial charge is 0.389 e. The fraction of sp³-hybridized carbons (Fsp3) is 0.615. The van der Waals surface area contributed by atoms with Gasteiger partial charge in [-0.05, 0) is 26.0 Å². The van der Waals surface area contributed by atoms with Crippen LogP contribution >= 0.6 is 0 Å². The van der Waals surface area contributed by atoms with Crippen LogP contribution in [0.4, 0.5) is 10.2 Å². The van der Waals surface area contributed by atoms with Gasteiger partial charge in [-0.15, -0.1) is 0 Å². The van der Waals surface area contributed by atoms with Crippen LogP contribution in [0.2, 0.25) is 0 Å². The summed E-state index contributed by atoms with van der Waals surface area (Å²) in [5.41, 5.74) is -0.667. The van der Waals surface area contributed by atoms with Gasteiger partial charge in [0.15, 0.2) is 0 Å². The third-order valence-corrected chi connectivity index (χ3v) is 3.01. The minimum absolute atomic E-state index is 0.438. The quantitative estimate of drug-likeness (QED) is 0.819. The zero-order chi connectivity index (χ0) is 13.2. The first-order valence-electron chi connectivity index (χ1n) is 6.26. The molecule has 1 aliphatic heterocycles. The highest BCUT2D eigenvalue weighted by atomic mass is 19.1. The van der Waals surface area contributed by atoms with Crippen molar-refractivity contribution in [1.29, 1.82) is 0 Å². The normalized spacial score (nSPS) is 18.1. The number of β-amino-alcohol motifs (C(OH)–C–C–N with tert-alkyl or cyclic N) is 1. The van der Waals surface area contributed by atoms with E-state index in [1.165, 1.54) is 6.07 Å². The van der Waals surface area contributed by atoms with E-state index in [2.05, 4.69) is 14.8 Å². The fourth-order valence-corrected chi connectivity index (χ4v) is 2.26. The molecule has 0 aliphatic carbocycles. The van der Waals surface area contributed by atoms with Crippen LogP contribution in [-0.4, -0.2) is 53.3 Å². The van der Waals surface area contributed by atoms with E-state index >= 15 is 0 Å². The van der Waals surface area contributed by atoms with Crippen molar-refractivity contribution in [3.05, 3.63) is 24.1 Å². The number of hydrogen-bond acceptors (Lipinski definition) is 4. The van der Waals surface area contributed by atoms with Crippen LogP contribution in [0.5, 0.6) is 0 Å². The summed E-state index contributed by atoms with van der Waals surface area (Å²) in [6, 6.07) is 4.86. The SMILES string of the molecule is CC(C)(O)CN1CCN(c2cccc(F)n2)CC1. The van der Waals surface area contributed by atoms with Gasteiger partial charge in [0.05, 0.1) is 5.60 Å². The number of piperazine rings is 1. The van der Waals surface area contributed by atoms with Gasteiger partial charge < -0.3 is 10.0 Å². The molecule has 18 heavy (non-hydrogen) atoms. The second kappa shape index (κ2) is 5.20. The third kappa shape index (κ3) is 3.65. The molecule has 1 fully saturated rings. The number of aliphatic hydroxyl groups is 1. The van der Waals surface area contributed by atoms with Crippen molar-refractivity contribution in [2.24, 2.45) is 0 Å². The summed E-state index contributed by atoms with van der Waals surface area (Å²) in [7, 11) is 0. The number of rotatable bonds is 3. The Morgan fingerprint density at radius 1 is 1.28 bits per heavy atom. The second-order valence-electron chi connectivity index (χ2n) is 5.39. The molecule has 0 spiro atoms. The third-order valence-electron chi connectivity index (χ3n) is 3.01. The topological polar surface area (TPSA) is 39.6 Å². The Morgan fingerprint density at radius 3 is 2.50 bits per heavy atom. The zero-order valence-electron chi connectivity index (χ0n) is 10.9. The molecule has 100 valence electrons. The maximum absolute atomic E-state index is 13.0. The first kappa shape index (κ1) is 13.2. The van der Waals surface area contributed by atoms with Crippen LogP contribution in [0, 0.1) is 5.95 Å². The number of nitrogens with zero attached hydrogens (tertiary/aromatic N) is 3. The molecular formula is C13H20FN3O. The summed E-state index contributed by atoms with van der Waals surface area (Å²) >= 11 is 0. The molecule has 0 atom stereocenters. The van der Waals surface area contributed by atoms with E-state index in [0.717, 1.165) is 26.2 Å². The van der Waals surface area contributed by atoms with Gasteiger partial charge in [-0.1, -0.05) is 6.07 Å². The smallest absolute Gasteiger partial charge is 0.214 e. The van der Waals surface area contributed by atoms with Gasteiger partial charge in [0, 0.05) is 32.7 Å². The maximum Gasteiger partial charge on any atom is 0.214 e. The fourth-order valence-electron chi connectivity index (χ4n) is 2.26. The molecule has 0 radical (unpaired) electrons. The highest BCUT2D eigenvalue weighted by Crippen LogP contribution is 2.15. The minimum atomic E-state index is -0.667. The Morgan fingerprint density at radius 2 is 1.94 bits per heavy atom. The molecule has 2 rings (SSSR count). The van der Waals surface area contributed by atoms with Crippen LogP contribution in [0.25, 0.3) is 0 Å². The zero-order valence-corrected chi connectivity index (χ0v) is 10.9. The highest BCUT2D eigenvalue weighted by molar-refractivity contribution is 5.38. The predicted molar refractivity (Wildman–Crippen MR) is 69.1 cm³/mol. The van der Waals surface area contributed by atoms with Crippen molar-refractivity contribution in [3.8, 4) is 0 Å². The maximum atomic E-state index is 13.0. The molecule has 2 heterocycles. The molecule has 0 bridgehead atoms. The summed E-state index contributed by atoms with van der Waals surface area (Å²) in [6.07, 6.45) is 0. The van der Waals surface area contributed by atoms with Crippen LogP contribution in [0.1, 0.15) is 13.8 Å². The van der Waals surface area contributed by atoms with E-state index in [9.17, 15) is 9.50 Å². The van der Waals surface area contributed by atoms with Gasteiger partial charge in [0.1, 0.15) is 5.82 Å². The first-order valence-corrected chi connectivity index (χ1v) is 6.26. The van der Waals surface area contributed by atoms with E-state index in [-0.39, 0.29) is 0 Å². The van der Waals surface area contributed by atoms with Gasteiger partial charge in [-0.3, -0.25) is 4.90 Å². The molecule has 4 nitrogen and oxygen atoms in total. The Bertz CT molecular complexity index is 397. The van der Waals surface area contributed by atoms with Crippen molar-refractivity contribution >= 4 is 5.82 Å². The van der Waals surface area contributed by atoms with Crippen LogP contribution in [0.15, 0.2) is 18.2 Å². The highest BCUT2D eigenvalue weighted by Gasteiger charge is 2.23.